The summed E-state index contributed by atoms with van der Waals surface area (Å²) in [7, 11) is 0. The summed E-state index contributed by atoms with van der Waals surface area (Å²) in [5, 5.41) is 0.408. The number of para-hydroxylation sites is 1. The van der Waals surface area contributed by atoms with Crippen LogP contribution in [-0.2, 0) is 11.3 Å². The van der Waals surface area contributed by atoms with Crippen molar-refractivity contribution in [3.05, 3.63) is 45.1 Å². The van der Waals surface area contributed by atoms with Gasteiger partial charge in [-0.15, -0.1) is 0 Å². The lowest BCUT2D eigenvalue weighted by molar-refractivity contribution is -0.121. The number of hydrogen-bond donors (Lipinski definition) is 3. The van der Waals surface area contributed by atoms with Crippen molar-refractivity contribution in [1.29, 1.82) is 0 Å². The molecule has 0 atom stereocenters. The number of H-pyrrole nitrogens is 1. The van der Waals surface area contributed by atoms with Crippen LogP contribution in [0.3, 0.4) is 0 Å². The number of aromatic amines is 1. The first-order valence-electron chi connectivity index (χ1n) is 5.35. The zero-order valence-electron chi connectivity index (χ0n) is 9.47. The summed E-state index contributed by atoms with van der Waals surface area (Å²) < 4.78 is 0.984. The van der Waals surface area contributed by atoms with Crippen LogP contribution in [0.1, 0.15) is 6.42 Å². The van der Waals surface area contributed by atoms with E-state index in [2.05, 4.69) is 4.98 Å². The smallest absolute Gasteiger partial charge is 0.307 e. The van der Waals surface area contributed by atoms with Gasteiger partial charge in [0.1, 0.15) is 0 Å². The van der Waals surface area contributed by atoms with E-state index in [1.807, 2.05) is 5.43 Å². The number of carbonyl (C=O) groups is 1. The molecule has 0 saturated heterocycles. The quantitative estimate of drug-likeness (QED) is 0.370. The van der Waals surface area contributed by atoms with Crippen LogP contribution >= 0.6 is 0 Å². The first kappa shape index (κ1) is 12.1. The molecule has 7 heteroatoms. The number of fused-ring (bicyclic) bond motifs is 1. The largest absolute Gasteiger partial charge is 0.328 e. The van der Waals surface area contributed by atoms with Crippen LogP contribution in [0.25, 0.3) is 10.9 Å². The molecule has 0 unspecified atom stereocenters. The second kappa shape index (κ2) is 4.84. The number of carbonyl (C=O) groups excluding carboxylic acids is 1. The molecule has 0 spiro atoms. The molecule has 0 fully saturated rings. The van der Waals surface area contributed by atoms with Crippen LogP contribution in [0, 0.1) is 0 Å². The Morgan fingerprint density at radius 3 is 2.78 bits per heavy atom. The van der Waals surface area contributed by atoms with Gasteiger partial charge in [-0.1, -0.05) is 12.1 Å². The number of nitrogens with zero attached hydrogens (tertiary/aromatic N) is 1. The molecule has 4 N–H and O–H groups in total. The molecule has 0 radical (unpaired) electrons. The minimum Gasteiger partial charge on any atom is -0.307 e. The number of nitrogens with two attached hydrogens (primary N) is 1. The molecule has 94 valence electrons. The zero-order chi connectivity index (χ0) is 13.1. The number of hydrogen-bond acceptors (Lipinski definition) is 4. The molecule has 1 heterocycles. The third-order valence-corrected chi connectivity index (χ3v) is 2.61. The molecule has 2 rings (SSSR count). The van der Waals surface area contributed by atoms with E-state index in [-0.39, 0.29) is 13.0 Å². The lowest BCUT2D eigenvalue weighted by Gasteiger charge is -2.05. The summed E-state index contributed by atoms with van der Waals surface area (Å²) in [6, 6.07) is 6.70. The van der Waals surface area contributed by atoms with Gasteiger partial charge in [0.05, 0.1) is 10.9 Å². The fourth-order valence-corrected chi connectivity index (χ4v) is 1.69. The van der Waals surface area contributed by atoms with Gasteiger partial charge in [-0.05, 0) is 12.1 Å². The van der Waals surface area contributed by atoms with Crippen molar-refractivity contribution >= 4 is 16.8 Å². The Bertz CT molecular complexity index is 701. The summed E-state index contributed by atoms with van der Waals surface area (Å²) in [6.45, 7) is -0.0119. The third kappa shape index (κ3) is 2.16. The van der Waals surface area contributed by atoms with Gasteiger partial charge in [0, 0.05) is 13.0 Å². The summed E-state index contributed by atoms with van der Waals surface area (Å²) in [6.07, 6.45) is -0.0299. The van der Waals surface area contributed by atoms with E-state index >= 15 is 0 Å². The molecule has 1 amide bonds. The SMILES string of the molecule is NNC(=O)CCn1c(=O)[nH]c2ccccc2c1=O. The molecule has 0 aliphatic heterocycles. The van der Waals surface area contributed by atoms with Crippen LogP contribution in [0.4, 0.5) is 0 Å². The average molecular weight is 248 g/mol. The number of amides is 1. The van der Waals surface area contributed by atoms with Crippen LogP contribution in [0.15, 0.2) is 33.9 Å². The van der Waals surface area contributed by atoms with Crippen molar-refractivity contribution < 1.29 is 4.79 Å². The van der Waals surface area contributed by atoms with Gasteiger partial charge in [-0.25, -0.2) is 10.6 Å². The van der Waals surface area contributed by atoms with E-state index in [1.165, 1.54) is 0 Å². The minimum atomic E-state index is -0.538. The van der Waals surface area contributed by atoms with Crippen LogP contribution < -0.4 is 22.5 Å². The Morgan fingerprint density at radius 2 is 2.06 bits per heavy atom. The Balaban J connectivity index is 2.48. The maximum Gasteiger partial charge on any atom is 0.328 e. The molecule has 0 bridgehead atoms. The van der Waals surface area contributed by atoms with Crippen molar-refractivity contribution in [1.82, 2.24) is 15.0 Å². The Morgan fingerprint density at radius 1 is 1.33 bits per heavy atom. The van der Waals surface area contributed by atoms with Crippen LogP contribution in [-0.4, -0.2) is 15.5 Å². The van der Waals surface area contributed by atoms with Gasteiger partial charge >= 0.3 is 5.69 Å². The third-order valence-electron chi connectivity index (χ3n) is 2.61. The number of hydrazine groups is 1. The van der Waals surface area contributed by atoms with Crippen LogP contribution in [0.2, 0.25) is 0 Å². The topological polar surface area (TPSA) is 110 Å². The van der Waals surface area contributed by atoms with Gasteiger partial charge < -0.3 is 4.98 Å². The second-order valence-corrected chi connectivity index (χ2v) is 3.75. The maximum absolute atomic E-state index is 12.0. The predicted octanol–water partition coefficient (Wildman–Crippen LogP) is -0.930. The number of benzene rings is 1. The Labute approximate surface area is 101 Å². The van der Waals surface area contributed by atoms with Crippen molar-refractivity contribution in [2.24, 2.45) is 5.84 Å². The number of nitrogens with one attached hydrogen (secondary N) is 2. The fraction of sp³-hybridized carbons (Fsp3) is 0.182. The minimum absolute atomic E-state index is 0.0119. The first-order chi connectivity index (χ1) is 8.63. The van der Waals surface area contributed by atoms with E-state index in [4.69, 9.17) is 5.84 Å². The van der Waals surface area contributed by atoms with E-state index in [0.717, 1.165) is 4.57 Å². The second-order valence-electron chi connectivity index (χ2n) is 3.75. The highest BCUT2D eigenvalue weighted by atomic mass is 16.2. The van der Waals surface area contributed by atoms with Crippen molar-refractivity contribution in [3.63, 3.8) is 0 Å². The van der Waals surface area contributed by atoms with E-state index < -0.39 is 17.2 Å². The first-order valence-corrected chi connectivity index (χ1v) is 5.35. The molecule has 18 heavy (non-hydrogen) atoms. The van der Waals surface area contributed by atoms with Gasteiger partial charge in [-0.3, -0.25) is 19.6 Å². The summed E-state index contributed by atoms with van der Waals surface area (Å²) >= 11 is 0. The van der Waals surface area contributed by atoms with Crippen LogP contribution in [0.5, 0.6) is 0 Å². The fourth-order valence-electron chi connectivity index (χ4n) is 1.69. The van der Waals surface area contributed by atoms with Gasteiger partial charge in [0.2, 0.25) is 5.91 Å². The normalized spacial score (nSPS) is 10.5. The molecule has 1 aromatic heterocycles. The molecule has 7 nitrogen and oxygen atoms in total. The summed E-state index contributed by atoms with van der Waals surface area (Å²) in [4.78, 5) is 37.3. The highest BCUT2D eigenvalue weighted by Crippen LogP contribution is 2.02. The highest BCUT2D eigenvalue weighted by molar-refractivity contribution is 5.77. The molecular weight excluding hydrogens is 236 g/mol. The van der Waals surface area contributed by atoms with E-state index in [9.17, 15) is 14.4 Å². The van der Waals surface area contributed by atoms with E-state index in [0.29, 0.717) is 10.9 Å². The molecular formula is C11H12N4O3. The van der Waals surface area contributed by atoms with Crippen molar-refractivity contribution in [2.75, 3.05) is 0 Å². The Kier molecular flexibility index (Phi) is 3.24. The highest BCUT2D eigenvalue weighted by Gasteiger charge is 2.08. The van der Waals surface area contributed by atoms with Crippen molar-refractivity contribution in [2.45, 2.75) is 13.0 Å². The number of rotatable bonds is 3. The summed E-state index contributed by atoms with van der Waals surface area (Å²) in [5.41, 5.74) is 1.47. The standard InChI is InChI=1S/C11H12N4O3/c12-14-9(16)5-6-15-10(17)7-3-1-2-4-8(7)13-11(15)18/h1-4H,5-6,12H2,(H,13,18)(H,14,16). The lowest BCUT2D eigenvalue weighted by atomic mass is 10.2. The maximum atomic E-state index is 12.0. The van der Waals surface area contributed by atoms with Gasteiger partial charge in [0.25, 0.3) is 5.56 Å². The molecule has 0 aliphatic carbocycles. The molecule has 0 aliphatic rings. The van der Waals surface area contributed by atoms with Gasteiger partial charge in [-0.2, -0.15) is 0 Å². The molecule has 2 aromatic rings. The molecule has 1 aromatic carbocycles. The van der Waals surface area contributed by atoms with Gasteiger partial charge in [0.15, 0.2) is 0 Å². The average Bonchev–Trinajstić information content (AvgIpc) is 2.38. The predicted molar refractivity (Wildman–Crippen MR) is 65.8 cm³/mol. The Hall–Kier alpha value is -2.41. The van der Waals surface area contributed by atoms with E-state index in [1.54, 1.807) is 24.3 Å². The number of aromatic nitrogens is 2. The monoisotopic (exact) mass is 248 g/mol. The molecule has 0 saturated carbocycles. The van der Waals surface area contributed by atoms with Crippen molar-refractivity contribution in [3.8, 4) is 0 Å². The lowest BCUT2D eigenvalue weighted by Crippen LogP contribution is -2.37. The zero-order valence-corrected chi connectivity index (χ0v) is 9.47. The summed E-state index contributed by atoms with van der Waals surface area (Å²) in [5.74, 6) is 4.49.